The van der Waals surface area contributed by atoms with Gasteiger partial charge >= 0.3 is 6.15 Å². The maximum Gasteiger partial charge on any atom is 0.373 e. The van der Waals surface area contributed by atoms with E-state index < -0.39 is 0 Å². The summed E-state index contributed by atoms with van der Waals surface area (Å²) in [7, 11) is 1.65. The van der Waals surface area contributed by atoms with Gasteiger partial charge < -0.3 is 4.74 Å². The predicted octanol–water partition coefficient (Wildman–Crippen LogP) is 1.38. The molecule has 0 spiro atoms. The highest BCUT2D eigenvalue weighted by atomic mass is 32.2. The molecule has 0 atom stereocenters. The third kappa shape index (κ3) is 4.10. The number of aromatic amines is 1. The minimum absolute atomic E-state index is 0.250. The van der Waals surface area contributed by atoms with E-state index in [1.165, 1.54) is 11.8 Å². The van der Waals surface area contributed by atoms with E-state index in [4.69, 9.17) is 14.3 Å². The molecule has 7 heteroatoms. The lowest BCUT2D eigenvalue weighted by atomic mass is 10.3. The predicted molar refractivity (Wildman–Crippen MR) is 58.5 cm³/mol. The van der Waals surface area contributed by atoms with Crippen molar-refractivity contribution in [2.24, 2.45) is 0 Å². The van der Waals surface area contributed by atoms with Crippen LogP contribution in [0.15, 0.2) is 40.4 Å². The number of hydrogen-bond donors (Lipinski definition) is 1. The zero-order chi connectivity index (χ0) is 12.5. The van der Waals surface area contributed by atoms with Gasteiger partial charge in [0.25, 0.3) is 0 Å². The van der Waals surface area contributed by atoms with Crippen molar-refractivity contribution in [3.05, 3.63) is 30.5 Å². The fraction of sp³-hybridized carbons (Fsp3) is 0.100. The number of nitrogens with one attached hydrogen (secondary N) is 1. The number of methoxy groups -OCH3 is 1. The summed E-state index contributed by atoms with van der Waals surface area (Å²) in [4.78, 5) is 17.3. The third-order valence-electron chi connectivity index (χ3n) is 1.68. The second-order valence-electron chi connectivity index (χ2n) is 2.64. The Morgan fingerprint density at radius 1 is 1.35 bits per heavy atom. The lowest BCUT2D eigenvalue weighted by Crippen LogP contribution is -1.85. The van der Waals surface area contributed by atoms with E-state index in [1.54, 1.807) is 13.3 Å². The first-order chi connectivity index (χ1) is 8.31. The van der Waals surface area contributed by atoms with Crippen LogP contribution < -0.4 is 4.74 Å². The summed E-state index contributed by atoms with van der Waals surface area (Å²) in [6, 6.07) is 7.80. The van der Waals surface area contributed by atoms with Crippen LogP contribution in [0.4, 0.5) is 0 Å². The van der Waals surface area contributed by atoms with E-state index in [1.807, 2.05) is 24.3 Å². The molecule has 1 N–H and O–H groups in total. The molecule has 0 fully saturated rings. The Kier molecular flexibility index (Phi) is 5.50. The Balaban J connectivity index is 0.000000437. The number of para-hydroxylation sites is 1. The van der Waals surface area contributed by atoms with E-state index >= 15 is 0 Å². The molecule has 0 aliphatic heterocycles. The highest BCUT2D eigenvalue weighted by molar-refractivity contribution is 7.99. The minimum atomic E-state index is 0.250. The summed E-state index contributed by atoms with van der Waals surface area (Å²) in [5.41, 5.74) is 0. The molecule has 6 nitrogen and oxygen atoms in total. The molecular formula is C10H9N3O3S. The largest absolute Gasteiger partial charge is 0.496 e. The fourth-order valence-electron chi connectivity index (χ4n) is 1.06. The van der Waals surface area contributed by atoms with Crippen molar-refractivity contribution >= 4 is 17.9 Å². The first-order valence-corrected chi connectivity index (χ1v) is 5.29. The second-order valence-corrected chi connectivity index (χ2v) is 3.71. The van der Waals surface area contributed by atoms with Gasteiger partial charge in [-0.25, -0.2) is 0 Å². The zero-order valence-corrected chi connectivity index (χ0v) is 9.73. The van der Waals surface area contributed by atoms with Crippen LogP contribution >= 0.6 is 11.8 Å². The normalized spacial score (nSPS) is 8.76. The van der Waals surface area contributed by atoms with Gasteiger partial charge in [-0.2, -0.15) is 19.9 Å². The average Bonchev–Trinajstić information content (AvgIpc) is 2.84. The molecule has 0 aliphatic carbocycles. The summed E-state index contributed by atoms with van der Waals surface area (Å²) < 4.78 is 5.21. The van der Waals surface area contributed by atoms with E-state index in [2.05, 4.69) is 15.4 Å². The zero-order valence-electron chi connectivity index (χ0n) is 8.91. The van der Waals surface area contributed by atoms with Crippen LogP contribution in [0.3, 0.4) is 0 Å². The van der Waals surface area contributed by atoms with Gasteiger partial charge in [0.1, 0.15) is 10.8 Å². The van der Waals surface area contributed by atoms with Crippen LogP contribution in [-0.2, 0) is 9.59 Å². The van der Waals surface area contributed by atoms with Crippen LogP contribution in [0.2, 0.25) is 0 Å². The van der Waals surface area contributed by atoms with Gasteiger partial charge in [-0.3, -0.25) is 0 Å². The summed E-state index contributed by atoms with van der Waals surface area (Å²) >= 11 is 1.52. The lowest BCUT2D eigenvalue weighted by molar-refractivity contribution is -0.191. The lowest BCUT2D eigenvalue weighted by Gasteiger charge is -2.04. The highest BCUT2D eigenvalue weighted by Gasteiger charge is 2.04. The van der Waals surface area contributed by atoms with Gasteiger partial charge in [0, 0.05) is 0 Å². The molecule has 0 amide bonds. The van der Waals surface area contributed by atoms with E-state index in [-0.39, 0.29) is 6.15 Å². The topological polar surface area (TPSA) is 84.9 Å². The van der Waals surface area contributed by atoms with Crippen LogP contribution in [0.1, 0.15) is 0 Å². The molecular weight excluding hydrogens is 242 g/mol. The van der Waals surface area contributed by atoms with Crippen LogP contribution in [0.25, 0.3) is 0 Å². The van der Waals surface area contributed by atoms with Gasteiger partial charge in [0.15, 0.2) is 0 Å². The number of hydrogen-bond acceptors (Lipinski definition) is 6. The van der Waals surface area contributed by atoms with Crippen LogP contribution in [0.5, 0.6) is 5.75 Å². The van der Waals surface area contributed by atoms with E-state index in [9.17, 15) is 0 Å². The molecule has 2 rings (SSSR count). The summed E-state index contributed by atoms with van der Waals surface area (Å²) in [5.74, 6) is 0.848. The minimum Gasteiger partial charge on any atom is -0.496 e. The quantitative estimate of drug-likeness (QED) is 0.887. The molecule has 0 unspecified atom stereocenters. The van der Waals surface area contributed by atoms with Gasteiger partial charge in [0.05, 0.1) is 18.2 Å². The summed E-state index contributed by atoms with van der Waals surface area (Å²) in [6.45, 7) is 0. The monoisotopic (exact) mass is 251 g/mol. The molecule has 0 radical (unpaired) electrons. The molecule has 2 aromatic rings. The number of ether oxygens (including phenoxy) is 1. The van der Waals surface area contributed by atoms with E-state index in [0.29, 0.717) is 0 Å². The number of rotatable bonds is 3. The van der Waals surface area contributed by atoms with Gasteiger partial charge in [-0.1, -0.05) is 23.9 Å². The molecule has 0 saturated heterocycles. The molecule has 1 aromatic heterocycles. The number of carbonyl (C=O) groups excluding carboxylic acids is 2. The van der Waals surface area contributed by atoms with Crippen molar-refractivity contribution in [1.82, 2.24) is 15.4 Å². The van der Waals surface area contributed by atoms with Gasteiger partial charge in [0.2, 0.25) is 0 Å². The van der Waals surface area contributed by atoms with E-state index in [0.717, 1.165) is 15.7 Å². The third-order valence-corrected chi connectivity index (χ3v) is 2.64. The maximum atomic E-state index is 8.12. The Morgan fingerprint density at radius 3 is 2.65 bits per heavy atom. The van der Waals surface area contributed by atoms with Gasteiger partial charge in [-0.15, -0.1) is 5.10 Å². The van der Waals surface area contributed by atoms with Crippen LogP contribution in [0, 0.1) is 0 Å². The molecule has 0 saturated carbocycles. The Bertz CT molecular complexity index is 481. The summed E-state index contributed by atoms with van der Waals surface area (Å²) in [6.07, 6.45) is 1.93. The van der Waals surface area contributed by atoms with Gasteiger partial charge in [-0.05, 0) is 12.1 Å². The second kappa shape index (κ2) is 7.21. The molecule has 88 valence electrons. The maximum absolute atomic E-state index is 8.12. The number of H-pyrrole nitrogens is 1. The van der Waals surface area contributed by atoms with Crippen molar-refractivity contribution in [3.8, 4) is 5.75 Å². The number of nitrogens with zero attached hydrogens (tertiary/aromatic N) is 2. The smallest absolute Gasteiger partial charge is 0.373 e. The number of benzene rings is 1. The van der Waals surface area contributed by atoms with Crippen molar-refractivity contribution in [2.75, 3.05) is 7.11 Å². The molecule has 17 heavy (non-hydrogen) atoms. The molecule has 1 aromatic carbocycles. The standard InChI is InChI=1S/C9H9N3OS.CO2/c1-13-7-4-2-3-5-8(7)14-9-6-10-12-11-9;2-1-3/h2-6H,1H3,(H,10,11,12);. The SMILES string of the molecule is COc1ccccc1Sc1cn[nH]n1.O=C=O. The first-order valence-electron chi connectivity index (χ1n) is 4.47. The summed E-state index contributed by atoms with van der Waals surface area (Å²) in [5, 5.41) is 11.1. The Morgan fingerprint density at radius 2 is 2.06 bits per heavy atom. The van der Waals surface area contributed by atoms with Crippen molar-refractivity contribution in [3.63, 3.8) is 0 Å². The van der Waals surface area contributed by atoms with Crippen molar-refractivity contribution < 1.29 is 14.3 Å². The highest BCUT2D eigenvalue weighted by Crippen LogP contribution is 2.32. The fourth-order valence-corrected chi connectivity index (χ4v) is 1.87. The molecule has 0 bridgehead atoms. The molecule has 0 aliphatic rings. The van der Waals surface area contributed by atoms with Crippen molar-refractivity contribution in [2.45, 2.75) is 9.92 Å². The number of aromatic nitrogens is 3. The Labute approximate surface area is 101 Å². The average molecular weight is 251 g/mol. The Hall–Kier alpha value is -2.11. The first kappa shape index (κ1) is 13.0. The molecule has 1 heterocycles. The van der Waals surface area contributed by atoms with Crippen molar-refractivity contribution in [1.29, 1.82) is 0 Å². The van der Waals surface area contributed by atoms with Crippen LogP contribution in [-0.4, -0.2) is 28.7 Å².